The first-order valence-corrected chi connectivity index (χ1v) is 5.37. The van der Waals surface area contributed by atoms with E-state index in [1.807, 2.05) is 0 Å². The van der Waals surface area contributed by atoms with Crippen molar-refractivity contribution in [3.63, 3.8) is 0 Å². The minimum Gasteiger partial charge on any atom is -0.388 e. The molecule has 1 rings (SSSR count). The van der Waals surface area contributed by atoms with E-state index >= 15 is 0 Å². The number of alkyl halides is 3. The Hall–Kier alpha value is -1.86. The van der Waals surface area contributed by atoms with E-state index in [-0.39, 0.29) is 0 Å². The predicted octanol–water partition coefficient (Wildman–Crippen LogP) is 0.499. The van der Waals surface area contributed by atoms with Gasteiger partial charge in [-0.25, -0.2) is 18.5 Å². The largest absolute Gasteiger partial charge is 0.574 e. The van der Waals surface area contributed by atoms with E-state index in [1.165, 1.54) is 6.07 Å². The quantitative estimate of drug-likeness (QED) is 0.839. The van der Waals surface area contributed by atoms with E-state index in [2.05, 4.69) is 9.72 Å². The van der Waals surface area contributed by atoms with Crippen molar-refractivity contribution < 1.29 is 26.3 Å². The van der Waals surface area contributed by atoms with Gasteiger partial charge in [0.15, 0.2) is 0 Å². The number of primary sulfonamides is 1. The number of nitrogens with zero attached hydrogens (tertiary/aromatic N) is 2. The molecule has 1 heterocycles. The number of rotatable bonds is 2. The van der Waals surface area contributed by atoms with Gasteiger partial charge in [-0.05, 0) is 0 Å². The summed E-state index contributed by atoms with van der Waals surface area (Å²) in [6, 6.07) is 1.92. The molecule has 0 aliphatic rings. The fraction of sp³-hybridized carbons (Fsp3) is 0.143. The van der Waals surface area contributed by atoms with Gasteiger partial charge in [0.1, 0.15) is 11.0 Å². The van der Waals surface area contributed by atoms with Crippen LogP contribution in [0.5, 0.6) is 5.88 Å². The van der Waals surface area contributed by atoms with Gasteiger partial charge in [0, 0.05) is 6.07 Å². The van der Waals surface area contributed by atoms with E-state index in [1.54, 1.807) is 0 Å². The van der Waals surface area contributed by atoms with Gasteiger partial charge in [-0.3, -0.25) is 0 Å². The molecule has 0 fully saturated rings. The van der Waals surface area contributed by atoms with Gasteiger partial charge < -0.3 is 4.74 Å². The molecule has 6 nitrogen and oxygen atoms in total. The van der Waals surface area contributed by atoms with Crippen LogP contribution >= 0.6 is 0 Å². The highest BCUT2D eigenvalue weighted by molar-refractivity contribution is 7.89. The third-order valence-corrected chi connectivity index (χ3v) is 2.43. The number of halogens is 3. The Bertz CT molecular complexity index is 576. The zero-order valence-corrected chi connectivity index (χ0v) is 8.71. The second-order valence-electron chi connectivity index (χ2n) is 2.72. The van der Waals surface area contributed by atoms with Crippen molar-refractivity contribution >= 4 is 10.0 Å². The molecule has 0 aromatic carbocycles. The second-order valence-corrected chi connectivity index (χ2v) is 4.25. The molecule has 1 aromatic rings. The number of hydrogen-bond acceptors (Lipinski definition) is 5. The molecule has 0 aliphatic heterocycles. The number of ether oxygens (including phenoxy) is 1. The molecule has 0 spiro atoms. The fourth-order valence-electron chi connectivity index (χ4n) is 0.912. The molecule has 10 heteroatoms. The van der Waals surface area contributed by atoms with Gasteiger partial charge >= 0.3 is 6.36 Å². The lowest BCUT2D eigenvalue weighted by Gasteiger charge is -2.08. The van der Waals surface area contributed by atoms with Gasteiger partial charge in [-0.1, -0.05) is 0 Å². The van der Waals surface area contributed by atoms with Crippen molar-refractivity contribution in [1.29, 1.82) is 5.26 Å². The molecule has 92 valence electrons. The van der Waals surface area contributed by atoms with E-state index in [0.717, 1.165) is 0 Å². The zero-order valence-electron chi connectivity index (χ0n) is 7.89. The van der Waals surface area contributed by atoms with Crippen molar-refractivity contribution in [3.05, 3.63) is 17.8 Å². The number of nitrogens with two attached hydrogens (primary N) is 1. The molecule has 0 bridgehead atoms. The number of nitriles is 1. The lowest BCUT2D eigenvalue weighted by molar-refractivity contribution is -0.276. The normalized spacial score (nSPS) is 11.9. The van der Waals surface area contributed by atoms with Crippen LogP contribution in [0.25, 0.3) is 0 Å². The molecule has 0 saturated heterocycles. The van der Waals surface area contributed by atoms with Crippen LogP contribution in [0.15, 0.2) is 17.2 Å². The Morgan fingerprint density at radius 1 is 1.47 bits per heavy atom. The maximum atomic E-state index is 11.8. The summed E-state index contributed by atoms with van der Waals surface area (Å²) in [7, 11) is -4.23. The average molecular weight is 267 g/mol. The van der Waals surface area contributed by atoms with Gasteiger partial charge in [-0.15, -0.1) is 13.2 Å². The molecule has 0 amide bonds. The summed E-state index contributed by atoms with van der Waals surface area (Å²) >= 11 is 0. The van der Waals surface area contributed by atoms with Crippen LogP contribution in [0.3, 0.4) is 0 Å². The van der Waals surface area contributed by atoms with E-state index < -0.39 is 32.7 Å². The molecule has 0 aliphatic carbocycles. The molecular formula is C7H4F3N3O3S. The highest BCUT2D eigenvalue weighted by Gasteiger charge is 2.32. The highest BCUT2D eigenvalue weighted by Crippen LogP contribution is 2.23. The second kappa shape index (κ2) is 4.19. The Balaban J connectivity index is 3.25. The van der Waals surface area contributed by atoms with Gasteiger partial charge in [0.25, 0.3) is 0 Å². The van der Waals surface area contributed by atoms with Crippen LogP contribution in [0.4, 0.5) is 13.2 Å². The van der Waals surface area contributed by atoms with Crippen LogP contribution in [0.2, 0.25) is 0 Å². The van der Waals surface area contributed by atoms with Crippen LogP contribution in [0, 0.1) is 11.3 Å². The first-order chi connectivity index (χ1) is 7.63. The summed E-state index contributed by atoms with van der Waals surface area (Å²) in [6.07, 6.45) is -4.46. The first-order valence-electron chi connectivity index (χ1n) is 3.82. The van der Waals surface area contributed by atoms with Crippen molar-refractivity contribution in [2.45, 2.75) is 11.3 Å². The minimum absolute atomic E-state index is 0.523. The molecule has 1 aromatic heterocycles. The predicted molar refractivity (Wildman–Crippen MR) is 47.0 cm³/mol. The Morgan fingerprint density at radius 3 is 2.47 bits per heavy atom. The van der Waals surface area contributed by atoms with Gasteiger partial charge in [0.2, 0.25) is 15.9 Å². The maximum absolute atomic E-state index is 11.8. The Morgan fingerprint density at radius 2 is 2.06 bits per heavy atom. The van der Waals surface area contributed by atoms with Crippen LogP contribution < -0.4 is 9.88 Å². The van der Waals surface area contributed by atoms with Crippen molar-refractivity contribution in [2.75, 3.05) is 0 Å². The lowest BCUT2D eigenvalue weighted by Crippen LogP contribution is -2.19. The van der Waals surface area contributed by atoms with E-state index in [9.17, 15) is 21.6 Å². The third-order valence-electron chi connectivity index (χ3n) is 1.49. The highest BCUT2D eigenvalue weighted by atomic mass is 32.2. The standard InChI is InChI=1S/C7H4F3N3O3S/c8-7(9,10)16-6-1-4(2-11)5(3-13-6)17(12,14)15/h1,3H,(H2,12,14,15). The number of pyridine rings is 1. The van der Waals surface area contributed by atoms with Crippen molar-refractivity contribution in [1.82, 2.24) is 4.98 Å². The van der Waals surface area contributed by atoms with Crippen LogP contribution in [-0.4, -0.2) is 19.8 Å². The molecule has 2 N–H and O–H groups in total. The Kier molecular flexibility index (Phi) is 3.25. The summed E-state index contributed by atoms with van der Waals surface area (Å²) in [6.45, 7) is 0. The summed E-state index contributed by atoms with van der Waals surface area (Å²) in [4.78, 5) is 2.41. The van der Waals surface area contributed by atoms with Crippen molar-refractivity contribution in [2.24, 2.45) is 5.14 Å². The first kappa shape index (κ1) is 13.2. The Labute approximate surface area is 93.5 Å². The number of aromatic nitrogens is 1. The lowest BCUT2D eigenvalue weighted by atomic mass is 10.3. The molecule has 0 unspecified atom stereocenters. The van der Waals surface area contributed by atoms with Crippen molar-refractivity contribution in [3.8, 4) is 11.9 Å². The summed E-state index contributed by atoms with van der Waals surface area (Å²) < 4.78 is 60.7. The average Bonchev–Trinajstić information content (AvgIpc) is 2.13. The minimum atomic E-state index is -4.98. The van der Waals surface area contributed by atoms with Gasteiger partial charge in [0.05, 0.1) is 11.8 Å². The molecular weight excluding hydrogens is 263 g/mol. The summed E-state index contributed by atoms with van der Waals surface area (Å²) in [5, 5.41) is 13.3. The van der Waals surface area contributed by atoms with Crippen LogP contribution in [0.1, 0.15) is 5.56 Å². The molecule has 17 heavy (non-hydrogen) atoms. The smallest absolute Gasteiger partial charge is 0.388 e. The SMILES string of the molecule is N#Cc1cc(OC(F)(F)F)ncc1S(N)(=O)=O. The van der Waals surface area contributed by atoms with E-state index in [0.29, 0.717) is 12.3 Å². The summed E-state index contributed by atoms with van der Waals surface area (Å²) in [5.74, 6) is -0.943. The van der Waals surface area contributed by atoms with Crippen LogP contribution in [-0.2, 0) is 10.0 Å². The monoisotopic (exact) mass is 267 g/mol. The topological polar surface area (TPSA) is 106 Å². The number of hydrogen-bond donors (Lipinski definition) is 1. The molecule has 0 atom stereocenters. The number of sulfonamides is 1. The molecule has 0 saturated carbocycles. The summed E-state index contributed by atoms with van der Waals surface area (Å²) in [5.41, 5.74) is -0.582. The van der Waals surface area contributed by atoms with Gasteiger partial charge in [-0.2, -0.15) is 5.26 Å². The maximum Gasteiger partial charge on any atom is 0.574 e. The fourth-order valence-corrected chi connectivity index (χ4v) is 1.52. The van der Waals surface area contributed by atoms with E-state index in [4.69, 9.17) is 10.4 Å². The zero-order chi connectivity index (χ0) is 13.3. The molecule has 0 radical (unpaired) electrons. The third kappa shape index (κ3) is 3.58.